The molecule has 5 heteroatoms. The maximum absolute atomic E-state index is 12.2. The van der Waals surface area contributed by atoms with Crippen LogP contribution in [0.2, 0.25) is 0 Å². The van der Waals surface area contributed by atoms with E-state index in [0.717, 1.165) is 32.1 Å². The van der Waals surface area contributed by atoms with Crippen molar-refractivity contribution in [1.29, 1.82) is 0 Å². The zero-order valence-electron chi connectivity index (χ0n) is 11.9. The Morgan fingerprint density at radius 3 is 2.30 bits per heavy atom. The highest BCUT2D eigenvalue weighted by Gasteiger charge is 2.39. The third kappa shape index (κ3) is 3.32. The largest absolute Gasteiger partial charge is 0.481 e. The number of aliphatic carboxylic acids is 1. The molecule has 2 rings (SSSR count). The van der Waals surface area contributed by atoms with Gasteiger partial charge in [0.1, 0.15) is 0 Å². The third-order valence-electron chi connectivity index (χ3n) is 5.06. The molecule has 2 atom stereocenters. The first-order valence-electron chi connectivity index (χ1n) is 7.69. The van der Waals surface area contributed by atoms with Crippen LogP contribution in [0.4, 0.5) is 0 Å². The molecule has 0 radical (unpaired) electrons. The summed E-state index contributed by atoms with van der Waals surface area (Å²) in [6.07, 6.45) is 7.33. The minimum absolute atomic E-state index is 0.0975. The molecule has 114 valence electrons. The zero-order chi connectivity index (χ0) is 14.6. The van der Waals surface area contributed by atoms with Crippen molar-refractivity contribution in [3.63, 3.8) is 0 Å². The van der Waals surface area contributed by atoms with Crippen molar-refractivity contribution in [1.82, 2.24) is 5.32 Å². The van der Waals surface area contributed by atoms with Crippen molar-refractivity contribution in [2.45, 2.75) is 51.4 Å². The van der Waals surface area contributed by atoms with Crippen LogP contribution in [0.1, 0.15) is 51.4 Å². The summed E-state index contributed by atoms with van der Waals surface area (Å²) in [4.78, 5) is 23.3. The van der Waals surface area contributed by atoms with E-state index in [9.17, 15) is 14.7 Å². The van der Waals surface area contributed by atoms with Crippen LogP contribution in [0, 0.1) is 17.3 Å². The molecular formula is C15H25NO4. The van der Waals surface area contributed by atoms with Crippen molar-refractivity contribution in [2.24, 2.45) is 17.3 Å². The highest BCUT2D eigenvalue weighted by molar-refractivity contribution is 5.85. The van der Waals surface area contributed by atoms with Crippen LogP contribution in [0.15, 0.2) is 0 Å². The van der Waals surface area contributed by atoms with E-state index in [2.05, 4.69) is 5.32 Å². The summed E-state index contributed by atoms with van der Waals surface area (Å²) < 4.78 is 0. The van der Waals surface area contributed by atoms with Crippen molar-refractivity contribution in [3.8, 4) is 0 Å². The number of amides is 1. The van der Waals surface area contributed by atoms with Crippen LogP contribution in [0.25, 0.3) is 0 Å². The highest BCUT2D eigenvalue weighted by Crippen LogP contribution is 2.36. The minimum atomic E-state index is -0.864. The number of rotatable bonds is 5. The minimum Gasteiger partial charge on any atom is -0.481 e. The molecule has 5 nitrogen and oxygen atoms in total. The van der Waals surface area contributed by atoms with Gasteiger partial charge in [-0.15, -0.1) is 0 Å². The van der Waals surface area contributed by atoms with E-state index in [0.29, 0.717) is 19.4 Å². The van der Waals surface area contributed by atoms with Gasteiger partial charge >= 0.3 is 5.97 Å². The maximum atomic E-state index is 12.2. The molecule has 2 saturated carbocycles. The van der Waals surface area contributed by atoms with Gasteiger partial charge in [-0.2, -0.15) is 0 Å². The Hall–Kier alpha value is -1.10. The van der Waals surface area contributed by atoms with Crippen LogP contribution in [0.5, 0.6) is 0 Å². The molecule has 2 fully saturated rings. The van der Waals surface area contributed by atoms with Gasteiger partial charge in [0.2, 0.25) is 5.91 Å². The van der Waals surface area contributed by atoms with E-state index in [1.54, 1.807) is 0 Å². The molecule has 3 N–H and O–H groups in total. The second kappa shape index (κ2) is 6.57. The number of carbonyl (C=O) groups is 2. The average molecular weight is 283 g/mol. The van der Waals surface area contributed by atoms with Crippen molar-refractivity contribution in [3.05, 3.63) is 0 Å². The molecule has 2 aliphatic carbocycles. The topological polar surface area (TPSA) is 86.6 Å². The van der Waals surface area contributed by atoms with Gasteiger partial charge in [-0.3, -0.25) is 9.59 Å². The number of aliphatic hydroxyl groups excluding tert-OH is 1. The Kier molecular flexibility index (Phi) is 5.02. The Morgan fingerprint density at radius 1 is 1.05 bits per heavy atom. The number of carboxylic acids is 1. The smallest absolute Gasteiger partial charge is 0.307 e. The van der Waals surface area contributed by atoms with Gasteiger partial charge in [0.15, 0.2) is 0 Å². The maximum Gasteiger partial charge on any atom is 0.307 e. The fourth-order valence-corrected chi connectivity index (χ4v) is 3.67. The fourth-order valence-electron chi connectivity index (χ4n) is 3.67. The molecule has 0 aliphatic heterocycles. The normalized spacial score (nSPS) is 29.1. The summed E-state index contributed by atoms with van der Waals surface area (Å²) in [7, 11) is 0. The molecule has 0 unspecified atom stereocenters. The first-order chi connectivity index (χ1) is 9.58. The molecule has 0 saturated heterocycles. The summed E-state index contributed by atoms with van der Waals surface area (Å²) in [5, 5.41) is 21.6. The number of hydrogen-bond donors (Lipinski definition) is 3. The third-order valence-corrected chi connectivity index (χ3v) is 5.06. The van der Waals surface area contributed by atoms with Crippen LogP contribution >= 0.6 is 0 Å². The van der Waals surface area contributed by atoms with Gasteiger partial charge in [-0.05, 0) is 25.7 Å². The predicted molar refractivity (Wildman–Crippen MR) is 74.1 cm³/mol. The van der Waals surface area contributed by atoms with Crippen LogP contribution < -0.4 is 5.32 Å². The molecule has 0 aromatic heterocycles. The molecule has 2 aliphatic rings. The Bertz CT molecular complexity index is 363. The van der Waals surface area contributed by atoms with Crippen LogP contribution in [-0.2, 0) is 9.59 Å². The number of carbonyl (C=O) groups excluding carboxylic acids is 1. The number of hydrogen-bond acceptors (Lipinski definition) is 3. The quantitative estimate of drug-likeness (QED) is 0.714. The van der Waals surface area contributed by atoms with Gasteiger partial charge in [-0.25, -0.2) is 0 Å². The van der Waals surface area contributed by atoms with Crippen molar-refractivity contribution in [2.75, 3.05) is 13.2 Å². The molecular weight excluding hydrogens is 258 g/mol. The van der Waals surface area contributed by atoms with E-state index in [1.165, 1.54) is 6.42 Å². The monoisotopic (exact) mass is 283 g/mol. The molecule has 0 spiro atoms. The van der Waals surface area contributed by atoms with Gasteiger partial charge in [0.05, 0.1) is 18.4 Å². The number of aliphatic hydroxyl groups is 1. The Morgan fingerprint density at radius 2 is 1.70 bits per heavy atom. The van der Waals surface area contributed by atoms with Gasteiger partial charge in [0.25, 0.3) is 0 Å². The second-order valence-electron chi connectivity index (χ2n) is 6.42. The fraction of sp³-hybridized carbons (Fsp3) is 0.867. The van der Waals surface area contributed by atoms with E-state index in [4.69, 9.17) is 5.11 Å². The lowest BCUT2D eigenvalue weighted by Gasteiger charge is -2.36. The van der Waals surface area contributed by atoms with Crippen LogP contribution in [0.3, 0.4) is 0 Å². The molecule has 0 heterocycles. The van der Waals surface area contributed by atoms with E-state index < -0.39 is 17.8 Å². The molecule has 0 aromatic rings. The standard InChI is InChI=1S/C15H25NO4/c17-10-15(7-2-1-3-8-15)9-16-13(18)11-5-4-6-12(11)14(19)20/h11-12,17H,1-10H2,(H,16,18)(H,19,20)/t11-,12+/m1/s1. The first kappa shape index (κ1) is 15.3. The Labute approximate surface area is 119 Å². The predicted octanol–water partition coefficient (Wildman–Crippen LogP) is 1.55. The highest BCUT2D eigenvalue weighted by atomic mass is 16.4. The van der Waals surface area contributed by atoms with E-state index >= 15 is 0 Å². The van der Waals surface area contributed by atoms with Crippen molar-refractivity contribution < 1.29 is 19.8 Å². The first-order valence-corrected chi connectivity index (χ1v) is 7.69. The summed E-state index contributed by atoms with van der Waals surface area (Å²) in [5.74, 6) is -1.94. The van der Waals surface area contributed by atoms with Crippen LogP contribution in [-0.4, -0.2) is 35.2 Å². The van der Waals surface area contributed by atoms with E-state index in [1.807, 2.05) is 0 Å². The number of nitrogens with one attached hydrogen (secondary N) is 1. The molecule has 0 bridgehead atoms. The second-order valence-corrected chi connectivity index (χ2v) is 6.42. The van der Waals surface area contributed by atoms with Crippen molar-refractivity contribution >= 4 is 11.9 Å². The average Bonchev–Trinajstić information content (AvgIpc) is 2.95. The SMILES string of the molecule is O=C(O)[C@H]1CCC[C@H]1C(=O)NCC1(CO)CCCCC1. The summed E-state index contributed by atoms with van der Waals surface area (Å²) in [6.45, 7) is 0.575. The summed E-state index contributed by atoms with van der Waals surface area (Å²) in [6, 6.07) is 0. The van der Waals surface area contributed by atoms with E-state index in [-0.39, 0.29) is 17.9 Å². The van der Waals surface area contributed by atoms with Gasteiger partial charge < -0.3 is 15.5 Å². The zero-order valence-corrected chi connectivity index (χ0v) is 11.9. The lowest BCUT2D eigenvalue weighted by Crippen LogP contribution is -2.44. The number of carboxylic acid groups (broad SMARTS) is 1. The lowest BCUT2D eigenvalue weighted by molar-refractivity contribution is -0.146. The molecule has 0 aromatic carbocycles. The van der Waals surface area contributed by atoms with Gasteiger partial charge in [-0.1, -0.05) is 25.7 Å². The Balaban J connectivity index is 1.89. The molecule has 20 heavy (non-hydrogen) atoms. The molecule has 1 amide bonds. The van der Waals surface area contributed by atoms with Gasteiger partial charge in [0, 0.05) is 12.0 Å². The summed E-state index contributed by atoms with van der Waals surface area (Å²) >= 11 is 0. The lowest BCUT2D eigenvalue weighted by atomic mass is 9.74. The summed E-state index contributed by atoms with van der Waals surface area (Å²) in [5.41, 5.74) is -0.189.